The minimum atomic E-state index is -2.73. The van der Waals surface area contributed by atoms with Gasteiger partial charge in [-0.25, -0.2) is 0 Å². The van der Waals surface area contributed by atoms with E-state index in [-0.39, 0.29) is 18.3 Å². The van der Waals surface area contributed by atoms with E-state index < -0.39 is 24.1 Å². The molecule has 0 heterocycles. The van der Waals surface area contributed by atoms with Gasteiger partial charge in [0.05, 0.1) is 0 Å². The van der Waals surface area contributed by atoms with Crippen LogP contribution in [-0.2, 0) is 8.06 Å². The van der Waals surface area contributed by atoms with Crippen molar-refractivity contribution in [2.75, 3.05) is 0 Å². The van der Waals surface area contributed by atoms with Gasteiger partial charge in [0.1, 0.15) is 0 Å². The van der Waals surface area contributed by atoms with Gasteiger partial charge in [-0.05, 0) is 0 Å². The van der Waals surface area contributed by atoms with Crippen LogP contribution in [0.4, 0.5) is 0 Å². The Morgan fingerprint density at radius 2 is 0.846 bits per heavy atom. The van der Waals surface area contributed by atoms with E-state index in [4.69, 9.17) is 8.06 Å². The van der Waals surface area contributed by atoms with Crippen LogP contribution in [0.15, 0.2) is 0 Å². The maximum atomic E-state index is 5.65. The van der Waals surface area contributed by atoms with Gasteiger partial charge in [-0.15, -0.1) is 0 Å². The molecule has 0 saturated carbocycles. The zero-order valence-electron chi connectivity index (χ0n) is 9.53. The van der Waals surface area contributed by atoms with Gasteiger partial charge in [0.15, 0.2) is 0 Å². The summed E-state index contributed by atoms with van der Waals surface area (Å²) in [5, 5.41) is 0. The molecular formula is C9H21O3Tl. The van der Waals surface area contributed by atoms with Gasteiger partial charge in [-0.2, -0.15) is 0 Å². The van der Waals surface area contributed by atoms with E-state index in [9.17, 15) is 0 Å². The fourth-order valence-electron chi connectivity index (χ4n) is 0.763. The Morgan fingerprint density at radius 1 is 0.615 bits per heavy atom. The Balaban J connectivity index is 3.87. The maximum absolute atomic E-state index is 5.65. The predicted molar refractivity (Wildman–Crippen MR) is 54.4 cm³/mol. The van der Waals surface area contributed by atoms with E-state index in [0.29, 0.717) is 0 Å². The Kier molecular flexibility index (Phi) is 7.58. The fraction of sp³-hybridized carbons (Fsp3) is 1.00. The zero-order valence-corrected chi connectivity index (χ0v) is 14.0. The number of hydrogen-bond donors (Lipinski definition) is 0. The topological polar surface area (TPSA) is 27.7 Å². The first-order chi connectivity index (χ1) is 5.91. The molecule has 0 unspecified atom stereocenters. The van der Waals surface area contributed by atoms with E-state index in [2.05, 4.69) is 0 Å². The second-order valence-electron chi connectivity index (χ2n) is 3.84. The third-order valence-electron chi connectivity index (χ3n) is 1.15. The molecule has 0 saturated heterocycles. The zero-order chi connectivity index (χ0) is 10.4. The molecule has 0 radical (unpaired) electrons. The standard InChI is InChI=1S/3C3H7O.Tl/c3*1-3(2)4;/h3*3H,1-2H3;/q3*-1;+3. The Morgan fingerprint density at radius 3 is 1.00 bits per heavy atom. The molecule has 0 aliphatic rings. The SMILES string of the molecule is CC(C)[O][Tl]([O]C(C)C)[O]C(C)C. The van der Waals surface area contributed by atoms with E-state index >= 15 is 0 Å². The van der Waals surface area contributed by atoms with E-state index in [0.717, 1.165) is 0 Å². The van der Waals surface area contributed by atoms with Crippen molar-refractivity contribution in [2.24, 2.45) is 0 Å². The molecule has 78 valence electrons. The van der Waals surface area contributed by atoms with Gasteiger partial charge >= 0.3 is 92.0 Å². The molecule has 0 N–H and O–H groups in total. The van der Waals surface area contributed by atoms with Gasteiger partial charge < -0.3 is 0 Å². The van der Waals surface area contributed by atoms with Crippen LogP contribution in [0, 0.1) is 0 Å². The molecule has 0 atom stereocenters. The van der Waals surface area contributed by atoms with Crippen LogP contribution >= 0.6 is 0 Å². The normalized spacial score (nSPS) is 11.8. The van der Waals surface area contributed by atoms with E-state index in [1.807, 2.05) is 41.5 Å². The molecule has 3 nitrogen and oxygen atoms in total. The summed E-state index contributed by atoms with van der Waals surface area (Å²) in [6.45, 7) is 12.1. The molecule has 0 aromatic carbocycles. The Bertz CT molecular complexity index is 102. The summed E-state index contributed by atoms with van der Waals surface area (Å²) in [4.78, 5) is 0. The Hall–Kier alpha value is 0.802. The van der Waals surface area contributed by atoms with E-state index in [1.54, 1.807) is 0 Å². The van der Waals surface area contributed by atoms with Crippen LogP contribution in [-0.4, -0.2) is 42.4 Å². The summed E-state index contributed by atoms with van der Waals surface area (Å²) in [6, 6.07) is 0. The molecule has 0 rings (SSSR count). The molecule has 0 aromatic heterocycles. The molecule has 0 fully saturated rings. The van der Waals surface area contributed by atoms with Crippen molar-refractivity contribution in [3.8, 4) is 0 Å². The first-order valence-electron chi connectivity index (χ1n) is 4.88. The molecule has 0 aliphatic heterocycles. The van der Waals surface area contributed by atoms with Gasteiger partial charge in [0.2, 0.25) is 0 Å². The van der Waals surface area contributed by atoms with Gasteiger partial charge in [-0.3, -0.25) is 0 Å². The second-order valence-corrected chi connectivity index (χ2v) is 9.26. The number of rotatable bonds is 6. The molecule has 0 amide bonds. The molecule has 0 aliphatic carbocycles. The van der Waals surface area contributed by atoms with Crippen molar-refractivity contribution in [1.29, 1.82) is 0 Å². The van der Waals surface area contributed by atoms with Crippen LogP contribution in [0.2, 0.25) is 0 Å². The van der Waals surface area contributed by atoms with Crippen LogP contribution < -0.4 is 0 Å². The van der Waals surface area contributed by atoms with Crippen molar-refractivity contribution < 1.29 is 8.06 Å². The van der Waals surface area contributed by atoms with Gasteiger partial charge in [0.25, 0.3) is 0 Å². The van der Waals surface area contributed by atoms with Crippen molar-refractivity contribution in [2.45, 2.75) is 59.9 Å². The van der Waals surface area contributed by atoms with Gasteiger partial charge in [0, 0.05) is 0 Å². The molecule has 0 aromatic rings. The average molecular weight is 382 g/mol. The summed E-state index contributed by atoms with van der Waals surface area (Å²) in [6.07, 6.45) is 0.637. The first-order valence-corrected chi connectivity index (χ1v) is 10.4. The second kappa shape index (κ2) is 7.14. The first kappa shape index (κ1) is 13.8. The molecular weight excluding hydrogens is 360 g/mol. The molecule has 13 heavy (non-hydrogen) atoms. The van der Waals surface area contributed by atoms with E-state index in [1.165, 1.54) is 0 Å². The minimum absolute atomic E-state index is 0.212. The quantitative estimate of drug-likeness (QED) is 0.661. The van der Waals surface area contributed by atoms with Crippen molar-refractivity contribution in [1.82, 2.24) is 0 Å². The Labute approximate surface area is 91.8 Å². The van der Waals surface area contributed by atoms with Gasteiger partial charge in [-0.1, -0.05) is 0 Å². The summed E-state index contributed by atoms with van der Waals surface area (Å²) < 4.78 is 16.9. The molecule has 0 bridgehead atoms. The summed E-state index contributed by atoms with van der Waals surface area (Å²) in [5.74, 6) is 0. The van der Waals surface area contributed by atoms with Crippen LogP contribution in [0.5, 0.6) is 0 Å². The van der Waals surface area contributed by atoms with Crippen molar-refractivity contribution in [3.63, 3.8) is 0 Å². The summed E-state index contributed by atoms with van der Waals surface area (Å²) >= 11 is -2.73. The third kappa shape index (κ3) is 9.11. The van der Waals surface area contributed by atoms with Crippen LogP contribution in [0.3, 0.4) is 0 Å². The third-order valence-corrected chi connectivity index (χ3v) is 10.1. The summed E-state index contributed by atoms with van der Waals surface area (Å²) in [7, 11) is 0. The van der Waals surface area contributed by atoms with Crippen LogP contribution in [0.1, 0.15) is 41.5 Å². The van der Waals surface area contributed by atoms with Crippen molar-refractivity contribution >= 4 is 24.1 Å². The number of hydrogen-bond acceptors (Lipinski definition) is 3. The average Bonchev–Trinajstić information content (AvgIpc) is 1.80. The monoisotopic (exact) mass is 382 g/mol. The van der Waals surface area contributed by atoms with Crippen LogP contribution in [0.25, 0.3) is 0 Å². The molecule has 0 spiro atoms. The fourth-order valence-corrected chi connectivity index (χ4v) is 6.69. The summed E-state index contributed by atoms with van der Waals surface area (Å²) in [5.41, 5.74) is 0. The predicted octanol–water partition coefficient (Wildman–Crippen LogP) is 2.25. The molecule has 4 heteroatoms. The van der Waals surface area contributed by atoms with Crippen molar-refractivity contribution in [3.05, 3.63) is 0 Å².